The zero-order chi connectivity index (χ0) is 20.5. The minimum atomic E-state index is -0.829. The summed E-state index contributed by atoms with van der Waals surface area (Å²) in [4.78, 5) is 19.0. The molecule has 0 unspecified atom stereocenters. The van der Waals surface area contributed by atoms with E-state index in [0.717, 1.165) is 18.5 Å². The Morgan fingerprint density at radius 2 is 2.07 bits per heavy atom. The number of hydrogen-bond donors (Lipinski definition) is 1. The molecule has 6 nitrogen and oxygen atoms in total. The Balaban J connectivity index is 1.46. The van der Waals surface area contributed by atoms with Gasteiger partial charge in [0, 0.05) is 17.0 Å². The van der Waals surface area contributed by atoms with E-state index in [0.29, 0.717) is 30.9 Å². The molecule has 2 saturated heterocycles. The lowest BCUT2D eigenvalue weighted by Crippen LogP contribution is -2.54. The van der Waals surface area contributed by atoms with Crippen LogP contribution in [-0.4, -0.2) is 28.3 Å². The van der Waals surface area contributed by atoms with Gasteiger partial charge in [-0.1, -0.05) is 18.2 Å². The Labute approximate surface area is 168 Å². The second kappa shape index (κ2) is 7.45. The summed E-state index contributed by atoms with van der Waals surface area (Å²) in [6.45, 7) is 7.40. The van der Waals surface area contributed by atoms with Crippen molar-refractivity contribution in [2.45, 2.75) is 49.7 Å². The summed E-state index contributed by atoms with van der Waals surface area (Å²) in [5.74, 6) is -0.904. The minimum Gasteiger partial charge on any atom is -0.481 e. The first-order valence-corrected chi connectivity index (χ1v) is 9.56. The number of hydrogen-bond acceptors (Lipinski definition) is 4. The van der Waals surface area contributed by atoms with Gasteiger partial charge in [0.25, 0.3) is 0 Å². The molecule has 3 fully saturated rings. The molecule has 7 heteroatoms. The van der Waals surface area contributed by atoms with E-state index in [2.05, 4.69) is 9.83 Å². The van der Waals surface area contributed by atoms with Crippen LogP contribution in [0.1, 0.15) is 43.4 Å². The second-order valence-corrected chi connectivity index (χ2v) is 7.86. The number of pyridine rings is 1. The van der Waals surface area contributed by atoms with Crippen molar-refractivity contribution >= 4 is 11.7 Å². The molecule has 3 heterocycles. The zero-order valence-electron chi connectivity index (χ0n) is 15.9. The van der Waals surface area contributed by atoms with Crippen LogP contribution in [0.15, 0.2) is 36.4 Å². The van der Waals surface area contributed by atoms with E-state index in [9.17, 15) is 9.18 Å². The molecule has 2 bridgehead atoms. The lowest BCUT2D eigenvalue weighted by Gasteiger charge is -2.52. The zero-order valence-corrected chi connectivity index (χ0v) is 15.9. The molecule has 3 aliphatic rings. The molecule has 29 heavy (non-hydrogen) atoms. The van der Waals surface area contributed by atoms with Gasteiger partial charge in [0.1, 0.15) is 12.4 Å². The maximum Gasteiger partial charge on any atom is 0.306 e. The van der Waals surface area contributed by atoms with E-state index in [1.807, 2.05) is 12.1 Å². The van der Waals surface area contributed by atoms with Gasteiger partial charge in [0.05, 0.1) is 30.9 Å². The maximum atomic E-state index is 14.1. The number of fused-ring (bicyclic) bond motifs is 3. The average Bonchev–Trinajstić information content (AvgIpc) is 2.73. The summed E-state index contributed by atoms with van der Waals surface area (Å²) in [5, 5.41) is 9.15. The highest BCUT2D eigenvalue weighted by atomic mass is 19.1. The van der Waals surface area contributed by atoms with Crippen molar-refractivity contribution in [1.29, 1.82) is 0 Å². The fraction of sp³-hybridized carbons (Fsp3) is 0.409. The van der Waals surface area contributed by atoms with Crippen LogP contribution < -0.4 is 4.74 Å². The number of carbonyl (C=O) groups is 1. The smallest absolute Gasteiger partial charge is 0.306 e. The average molecular weight is 396 g/mol. The van der Waals surface area contributed by atoms with Gasteiger partial charge in [-0.15, -0.1) is 0 Å². The fourth-order valence-corrected chi connectivity index (χ4v) is 4.26. The molecular weight excluding hydrogens is 375 g/mol. The highest BCUT2D eigenvalue weighted by Gasteiger charge is 2.52. The number of ether oxygens (including phenoxy) is 2. The normalized spacial score (nSPS) is 25.4. The standard InChI is InChI=1S/C22H21FN2O4/c1-24-16-6-5-15(17(23)11-16)13-28-19-4-2-3-18(25-19)21-7-9-22(10-8-21,29-14-21)12-20(26)27/h2-6,11H,7-10,12-14H2,(H,26,27). The van der Waals surface area contributed by atoms with Crippen molar-refractivity contribution in [2.75, 3.05) is 6.61 Å². The molecule has 0 spiro atoms. The van der Waals surface area contributed by atoms with Crippen molar-refractivity contribution in [2.24, 2.45) is 0 Å². The first kappa shape index (κ1) is 19.3. The quantitative estimate of drug-likeness (QED) is 0.733. The second-order valence-electron chi connectivity index (χ2n) is 7.86. The number of rotatable bonds is 6. The molecule has 1 N–H and O–H groups in total. The molecule has 150 valence electrons. The molecule has 1 aliphatic carbocycles. The molecule has 1 aromatic heterocycles. The molecule has 2 aromatic rings. The third-order valence-corrected chi connectivity index (χ3v) is 6.05. The summed E-state index contributed by atoms with van der Waals surface area (Å²) in [6.07, 6.45) is 3.08. The third-order valence-electron chi connectivity index (χ3n) is 6.05. The highest BCUT2D eigenvalue weighted by molar-refractivity contribution is 5.68. The van der Waals surface area contributed by atoms with E-state index in [4.69, 9.17) is 21.2 Å². The predicted octanol–water partition coefficient (Wildman–Crippen LogP) is 4.41. The van der Waals surface area contributed by atoms with Crippen LogP contribution in [0.2, 0.25) is 0 Å². The van der Waals surface area contributed by atoms with Crippen molar-refractivity contribution < 1.29 is 23.8 Å². The van der Waals surface area contributed by atoms with Crippen LogP contribution >= 0.6 is 0 Å². The molecule has 0 atom stereocenters. The van der Waals surface area contributed by atoms with Gasteiger partial charge in [-0.3, -0.25) is 4.79 Å². The van der Waals surface area contributed by atoms with Gasteiger partial charge < -0.3 is 14.6 Å². The van der Waals surface area contributed by atoms with Gasteiger partial charge in [-0.05, 0) is 37.8 Å². The Morgan fingerprint density at radius 3 is 2.69 bits per heavy atom. The van der Waals surface area contributed by atoms with E-state index in [-0.39, 0.29) is 24.1 Å². The summed E-state index contributed by atoms with van der Waals surface area (Å²) in [7, 11) is 0. The third kappa shape index (κ3) is 3.81. The van der Waals surface area contributed by atoms with Crippen molar-refractivity contribution in [3.63, 3.8) is 0 Å². The van der Waals surface area contributed by atoms with Crippen LogP contribution in [0.4, 0.5) is 10.1 Å². The predicted molar refractivity (Wildman–Crippen MR) is 102 cm³/mol. The largest absolute Gasteiger partial charge is 0.481 e. The topological polar surface area (TPSA) is 73.0 Å². The first-order chi connectivity index (χ1) is 13.9. The van der Waals surface area contributed by atoms with Crippen molar-refractivity contribution in [3.05, 3.63) is 64.9 Å². The Hall–Kier alpha value is -2.98. The minimum absolute atomic E-state index is 0.0196. The lowest BCUT2D eigenvalue weighted by molar-refractivity contribution is -0.175. The number of halogens is 1. The molecule has 1 saturated carbocycles. The molecule has 0 radical (unpaired) electrons. The first-order valence-electron chi connectivity index (χ1n) is 9.56. The van der Waals surface area contributed by atoms with Gasteiger partial charge >= 0.3 is 5.97 Å². The Bertz CT molecular complexity index is 960. The number of aromatic nitrogens is 1. The van der Waals surface area contributed by atoms with Crippen molar-refractivity contribution in [1.82, 2.24) is 4.98 Å². The van der Waals surface area contributed by atoms with E-state index >= 15 is 0 Å². The lowest BCUT2D eigenvalue weighted by atomic mass is 9.63. The number of carboxylic acids is 1. The molecule has 1 aromatic carbocycles. The molecule has 2 aliphatic heterocycles. The van der Waals surface area contributed by atoms with Gasteiger partial charge in [-0.25, -0.2) is 14.2 Å². The summed E-state index contributed by atoms with van der Waals surface area (Å²) >= 11 is 0. The number of nitrogens with zero attached hydrogens (tertiary/aromatic N) is 2. The highest BCUT2D eigenvalue weighted by Crippen LogP contribution is 2.51. The van der Waals surface area contributed by atoms with Crippen LogP contribution in [0.5, 0.6) is 5.88 Å². The Kier molecular flexibility index (Phi) is 4.97. The molecule has 0 amide bonds. The maximum absolute atomic E-state index is 14.1. The summed E-state index contributed by atoms with van der Waals surface area (Å²) in [6, 6.07) is 9.83. The SMILES string of the molecule is [C-]#[N+]c1ccc(COc2cccc(C34CCC(CC(=O)O)(CC3)OC4)n2)c(F)c1. The van der Waals surface area contributed by atoms with Crippen molar-refractivity contribution in [3.8, 4) is 5.88 Å². The number of aliphatic carboxylic acids is 1. The van der Waals surface area contributed by atoms with E-state index < -0.39 is 17.4 Å². The van der Waals surface area contributed by atoms with Crippen LogP contribution in [0, 0.1) is 12.4 Å². The fourth-order valence-electron chi connectivity index (χ4n) is 4.26. The van der Waals surface area contributed by atoms with Crippen LogP contribution in [0.25, 0.3) is 4.85 Å². The number of benzene rings is 1. The monoisotopic (exact) mass is 396 g/mol. The van der Waals surface area contributed by atoms with Gasteiger partial charge in [-0.2, -0.15) is 0 Å². The summed E-state index contributed by atoms with van der Waals surface area (Å²) in [5.41, 5.74) is 0.695. The van der Waals surface area contributed by atoms with E-state index in [1.165, 1.54) is 6.07 Å². The Morgan fingerprint density at radius 1 is 1.28 bits per heavy atom. The molecule has 5 rings (SSSR count). The van der Waals surface area contributed by atoms with Gasteiger partial charge in [0.2, 0.25) is 5.88 Å². The van der Waals surface area contributed by atoms with E-state index in [1.54, 1.807) is 18.2 Å². The summed E-state index contributed by atoms with van der Waals surface area (Å²) < 4.78 is 25.8. The van der Waals surface area contributed by atoms with Crippen LogP contribution in [-0.2, 0) is 21.6 Å². The molecular formula is C22H21FN2O4. The number of carboxylic acid groups (broad SMARTS) is 1. The van der Waals surface area contributed by atoms with Crippen LogP contribution in [0.3, 0.4) is 0 Å². The van der Waals surface area contributed by atoms with Gasteiger partial charge in [0.15, 0.2) is 5.69 Å².